The van der Waals surface area contributed by atoms with E-state index in [4.69, 9.17) is 0 Å². The third kappa shape index (κ3) is 3.76. The lowest BCUT2D eigenvalue weighted by Crippen LogP contribution is -2.24. The van der Waals surface area contributed by atoms with Crippen LogP contribution in [0.1, 0.15) is 22.3 Å². The fraction of sp³-hybridized carbons (Fsp3) is 0.231. The predicted molar refractivity (Wildman–Crippen MR) is 80.5 cm³/mol. The van der Waals surface area contributed by atoms with Crippen LogP contribution >= 0.6 is 11.3 Å². The van der Waals surface area contributed by atoms with E-state index < -0.39 is 4.92 Å². The number of hydrogen-bond donors (Lipinski definition) is 2. The summed E-state index contributed by atoms with van der Waals surface area (Å²) in [6, 6.07) is 4.19. The van der Waals surface area contributed by atoms with Crippen molar-refractivity contribution in [3.05, 3.63) is 50.5 Å². The van der Waals surface area contributed by atoms with Crippen LogP contribution in [-0.4, -0.2) is 22.4 Å². The second kappa shape index (κ2) is 6.80. The summed E-state index contributed by atoms with van der Waals surface area (Å²) in [7, 11) is 0. The van der Waals surface area contributed by atoms with Crippen LogP contribution in [0, 0.1) is 10.1 Å². The monoisotopic (exact) mass is 306 g/mol. The zero-order chi connectivity index (χ0) is 15.2. The summed E-state index contributed by atoms with van der Waals surface area (Å²) < 4.78 is 0. The Morgan fingerprint density at radius 3 is 2.90 bits per heavy atom. The molecular weight excluding hydrogens is 292 g/mol. The third-order valence-corrected chi connectivity index (χ3v) is 3.49. The number of carbonyl (C=O) groups excluding carboxylic acids is 1. The first kappa shape index (κ1) is 14.9. The Balaban J connectivity index is 2.20. The van der Waals surface area contributed by atoms with Crippen LogP contribution in [0.4, 0.5) is 11.4 Å². The summed E-state index contributed by atoms with van der Waals surface area (Å²) >= 11 is 1.43. The number of anilines is 1. The zero-order valence-electron chi connectivity index (χ0n) is 11.3. The van der Waals surface area contributed by atoms with Crippen molar-refractivity contribution in [2.24, 2.45) is 0 Å². The number of hydrogen-bond acceptors (Lipinski definition) is 6. The first-order chi connectivity index (χ1) is 10.1. The van der Waals surface area contributed by atoms with Crippen LogP contribution in [0.2, 0.25) is 0 Å². The molecule has 1 aromatic carbocycles. The number of thiazole rings is 1. The van der Waals surface area contributed by atoms with E-state index in [2.05, 4.69) is 15.6 Å². The minimum Gasteiger partial charge on any atom is -0.385 e. The number of nitrogens with zero attached hydrogens (tertiary/aromatic N) is 2. The average Bonchev–Trinajstić information content (AvgIpc) is 2.98. The fourth-order valence-electron chi connectivity index (χ4n) is 1.77. The second-order valence-corrected chi connectivity index (χ2v) is 5.10. The van der Waals surface area contributed by atoms with E-state index >= 15 is 0 Å². The molecule has 1 amide bonds. The van der Waals surface area contributed by atoms with Crippen LogP contribution in [-0.2, 0) is 6.54 Å². The normalized spacial score (nSPS) is 10.1. The van der Waals surface area contributed by atoms with E-state index in [1.165, 1.54) is 23.5 Å². The standard InChI is InChI=1S/C13H14N4O3S/c1-2-14-11-4-3-9(17(19)20)7-10(11)13(18)16-8-12-15-5-6-21-12/h3-7,14H,2,8H2,1H3,(H,16,18). The molecule has 0 aliphatic rings. The molecule has 0 atom stereocenters. The van der Waals surface area contributed by atoms with Crippen molar-refractivity contribution >= 4 is 28.6 Å². The summed E-state index contributed by atoms with van der Waals surface area (Å²) in [5, 5.41) is 19.2. The third-order valence-electron chi connectivity index (χ3n) is 2.71. The first-order valence-electron chi connectivity index (χ1n) is 6.30. The van der Waals surface area contributed by atoms with Gasteiger partial charge in [-0.25, -0.2) is 4.98 Å². The Hall–Kier alpha value is -2.48. The molecule has 2 rings (SSSR count). The van der Waals surface area contributed by atoms with Gasteiger partial charge in [-0.15, -0.1) is 11.3 Å². The van der Waals surface area contributed by atoms with E-state index in [1.54, 1.807) is 12.3 Å². The van der Waals surface area contributed by atoms with Gasteiger partial charge < -0.3 is 10.6 Å². The smallest absolute Gasteiger partial charge is 0.270 e. The molecule has 0 fully saturated rings. The molecule has 1 heterocycles. The van der Waals surface area contributed by atoms with Gasteiger partial charge in [-0.1, -0.05) is 0 Å². The molecular formula is C13H14N4O3S. The van der Waals surface area contributed by atoms with E-state index in [1.807, 2.05) is 12.3 Å². The van der Waals surface area contributed by atoms with E-state index in [0.29, 0.717) is 18.8 Å². The maximum absolute atomic E-state index is 12.2. The van der Waals surface area contributed by atoms with Crippen LogP contribution < -0.4 is 10.6 Å². The molecule has 2 N–H and O–H groups in total. The van der Waals surface area contributed by atoms with Crippen molar-refractivity contribution in [1.29, 1.82) is 0 Å². The molecule has 0 saturated heterocycles. The van der Waals surface area contributed by atoms with Crippen molar-refractivity contribution in [3.63, 3.8) is 0 Å². The first-order valence-corrected chi connectivity index (χ1v) is 7.18. The van der Waals surface area contributed by atoms with Gasteiger partial charge in [0.05, 0.1) is 17.0 Å². The number of non-ortho nitro benzene ring substituents is 1. The molecule has 0 spiro atoms. The maximum Gasteiger partial charge on any atom is 0.270 e. The van der Waals surface area contributed by atoms with Gasteiger partial charge in [-0.3, -0.25) is 14.9 Å². The molecule has 7 nitrogen and oxygen atoms in total. The predicted octanol–water partition coefficient (Wildman–Crippen LogP) is 2.41. The Morgan fingerprint density at radius 1 is 1.48 bits per heavy atom. The van der Waals surface area contributed by atoms with Crippen molar-refractivity contribution < 1.29 is 9.72 Å². The van der Waals surface area contributed by atoms with Crippen LogP contribution in [0.5, 0.6) is 0 Å². The quantitative estimate of drug-likeness (QED) is 0.631. The summed E-state index contributed by atoms with van der Waals surface area (Å²) in [6.07, 6.45) is 1.66. The molecule has 21 heavy (non-hydrogen) atoms. The SMILES string of the molecule is CCNc1ccc([N+](=O)[O-])cc1C(=O)NCc1nccs1. The van der Waals surface area contributed by atoms with E-state index in [-0.39, 0.29) is 17.2 Å². The number of rotatable bonds is 6. The van der Waals surface area contributed by atoms with Crippen molar-refractivity contribution in [2.75, 3.05) is 11.9 Å². The molecule has 8 heteroatoms. The molecule has 0 saturated carbocycles. The zero-order valence-corrected chi connectivity index (χ0v) is 12.1. The highest BCUT2D eigenvalue weighted by atomic mass is 32.1. The fourth-order valence-corrected chi connectivity index (χ4v) is 2.33. The Bertz CT molecular complexity index is 643. The van der Waals surface area contributed by atoms with Gasteiger partial charge in [0.1, 0.15) is 5.01 Å². The lowest BCUT2D eigenvalue weighted by atomic mass is 10.1. The lowest BCUT2D eigenvalue weighted by molar-refractivity contribution is -0.384. The molecule has 0 aliphatic heterocycles. The highest BCUT2D eigenvalue weighted by Crippen LogP contribution is 2.22. The Kier molecular flexibility index (Phi) is 4.83. The molecule has 0 aliphatic carbocycles. The van der Waals surface area contributed by atoms with Gasteiger partial charge in [-0.2, -0.15) is 0 Å². The lowest BCUT2D eigenvalue weighted by Gasteiger charge is -2.10. The number of nitrogens with one attached hydrogen (secondary N) is 2. The van der Waals surface area contributed by atoms with Crippen LogP contribution in [0.25, 0.3) is 0 Å². The molecule has 0 radical (unpaired) electrons. The van der Waals surface area contributed by atoms with E-state index in [0.717, 1.165) is 5.01 Å². The number of benzene rings is 1. The number of carbonyl (C=O) groups is 1. The minimum atomic E-state index is -0.521. The van der Waals surface area contributed by atoms with Gasteiger partial charge in [0.2, 0.25) is 0 Å². The average molecular weight is 306 g/mol. The maximum atomic E-state index is 12.2. The topological polar surface area (TPSA) is 97.2 Å². The molecule has 1 aromatic heterocycles. The van der Waals surface area contributed by atoms with Crippen molar-refractivity contribution in [3.8, 4) is 0 Å². The Labute approximate surface area is 125 Å². The summed E-state index contributed by atoms with van der Waals surface area (Å²) in [5.74, 6) is -0.371. The largest absolute Gasteiger partial charge is 0.385 e. The molecule has 0 bridgehead atoms. The van der Waals surface area contributed by atoms with Gasteiger partial charge in [-0.05, 0) is 13.0 Å². The Morgan fingerprint density at radius 2 is 2.29 bits per heavy atom. The summed E-state index contributed by atoms with van der Waals surface area (Å²) in [6.45, 7) is 2.80. The van der Waals surface area contributed by atoms with E-state index in [9.17, 15) is 14.9 Å². The highest BCUT2D eigenvalue weighted by Gasteiger charge is 2.16. The van der Waals surface area contributed by atoms with Gasteiger partial charge in [0.15, 0.2) is 0 Å². The summed E-state index contributed by atoms with van der Waals surface area (Å²) in [4.78, 5) is 26.6. The number of amides is 1. The van der Waals surface area contributed by atoms with Crippen LogP contribution in [0.3, 0.4) is 0 Å². The molecule has 0 unspecified atom stereocenters. The van der Waals surface area contributed by atoms with Gasteiger partial charge in [0, 0.05) is 35.9 Å². The minimum absolute atomic E-state index is 0.115. The van der Waals surface area contributed by atoms with Crippen molar-refractivity contribution in [1.82, 2.24) is 10.3 Å². The van der Waals surface area contributed by atoms with Gasteiger partial charge in [0.25, 0.3) is 11.6 Å². The van der Waals surface area contributed by atoms with Crippen molar-refractivity contribution in [2.45, 2.75) is 13.5 Å². The second-order valence-electron chi connectivity index (χ2n) is 4.13. The van der Waals surface area contributed by atoms with Crippen LogP contribution in [0.15, 0.2) is 29.8 Å². The number of nitro groups is 1. The van der Waals surface area contributed by atoms with Gasteiger partial charge >= 0.3 is 0 Å². The highest BCUT2D eigenvalue weighted by molar-refractivity contribution is 7.09. The molecule has 110 valence electrons. The number of nitro benzene ring substituents is 1. The number of aromatic nitrogens is 1. The molecule has 2 aromatic rings. The summed E-state index contributed by atoms with van der Waals surface area (Å²) in [5.41, 5.74) is 0.707.